The van der Waals surface area contributed by atoms with E-state index in [1.165, 1.54) is 0 Å². The summed E-state index contributed by atoms with van der Waals surface area (Å²) in [6.07, 6.45) is 3.40. The number of aromatic nitrogens is 1. The molecule has 5 nitrogen and oxygen atoms in total. The minimum absolute atomic E-state index is 0.133. The van der Waals surface area contributed by atoms with E-state index in [-0.39, 0.29) is 17.1 Å². The van der Waals surface area contributed by atoms with Gasteiger partial charge in [0.05, 0.1) is 11.2 Å². The molecular weight excluding hydrogens is 290 g/mol. The van der Waals surface area contributed by atoms with Gasteiger partial charge in [0, 0.05) is 12.7 Å². The Balaban J connectivity index is 2.30. The lowest BCUT2D eigenvalue weighted by molar-refractivity contribution is 0.00578. The lowest BCUT2D eigenvalue weighted by Crippen LogP contribution is -2.41. The molecule has 0 spiro atoms. The van der Waals surface area contributed by atoms with Crippen molar-refractivity contribution in [2.24, 2.45) is 5.73 Å². The van der Waals surface area contributed by atoms with Crippen LogP contribution in [0.1, 0.15) is 33.3 Å². The van der Waals surface area contributed by atoms with Crippen molar-refractivity contribution >= 4 is 24.8 Å². The molecule has 1 aliphatic rings. The highest BCUT2D eigenvalue weighted by molar-refractivity contribution is 6.55. The van der Waals surface area contributed by atoms with Gasteiger partial charge in [0.2, 0.25) is 0 Å². The molecule has 1 saturated heterocycles. The molecule has 0 saturated carbocycles. The van der Waals surface area contributed by atoms with E-state index in [2.05, 4.69) is 4.98 Å². The molecule has 0 aliphatic carbocycles. The van der Waals surface area contributed by atoms with Crippen LogP contribution >= 0.6 is 11.6 Å². The summed E-state index contributed by atoms with van der Waals surface area (Å²) in [5.41, 5.74) is 6.18. The molecule has 3 N–H and O–H groups in total. The summed E-state index contributed by atoms with van der Waals surface area (Å²) in [6.45, 7) is 8.22. The van der Waals surface area contributed by atoms with Gasteiger partial charge in [0.25, 0.3) is 5.56 Å². The summed E-state index contributed by atoms with van der Waals surface area (Å²) in [6, 6.07) is 1.58. The number of nitrogens with one attached hydrogen (secondary N) is 1. The van der Waals surface area contributed by atoms with Gasteiger partial charge in [-0.05, 0) is 44.8 Å². The van der Waals surface area contributed by atoms with Crippen molar-refractivity contribution < 1.29 is 9.31 Å². The number of nitrogens with two attached hydrogens (primary N) is 1. The van der Waals surface area contributed by atoms with Gasteiger partial charge in [-0.25, -0.2) is 0 Å². The van der Waals surface area contributed by atoms with Crippen LogP contribution in [-0.4, -0.2) is 29.8 Å². The van der Waals surface area contributed by atoms with Crippen LogP contribution in [0.4, 0.5) is 0 Å². The SMILES string of the molecule is CC1(C)OB(C(=Cc2c[nH]c(=O)c(Cl)c2)CN)OC1(C)C. The smallest absolute Gasteiger partial charge is 0.400 e. The predicted molar refractivity (Wildman–Crippen MR) is 85.2 cm³/mol. The molecule has 0 unspecified atom stereocenters. The fourth-order valence-corrected chi connectivity index (χ4v) is 2.17. The molecule has 0 radical (unpaired) electrons. The fraction of sp³-hybridized carbons (Fsp3) is 0.500. The molecule has 114 valence electrons. The zero-order valence-electron chi connectivity index (χ0n) is 12.7. The highest BCUT2D eigenvalue weighted by Gasteiger charge is 2.52. The molecule has 7 heteroatoms. The van der Waals surface area contributed by atoms with Gasteiger partial charge in [0.1, 0.15) is 5.02 Å². The molecule has 21 heavy (non-hydrogen) atoms. The number of pyridine rings is 1. The second kappa shape index (κ2) is 5.61. The van der Waals surface area contributed by atoms with Crippen LogP contribution in [0, 0.1) is 0 Å². The van der Waals surface area contributed by atoms with Gasteiger partial charge >= 0.3 is 7.12 Å². The average Bonchev–Trinajstić information content (AvgIpc) is 2.59. The van der Waals surface area contributed by atoms with Crippen molar-refractivity contribution in [2.75, 3.05) is 6.54 Å². The topological polar surface area (TPSA) is 77.3 Å². The van der Waals surface area contributed by atoms with E-state index >= 15 is 0 Å². The van der Waals surface area contributed by atoms with Crippen molar-refractivity contribution in [3.8, 4) is 0 Å². The number of halogens is 1. The lowest BCUT2D eigenvalue weighted by Gasteiger charge is -2.32. The van der Waals surface area contributed by atoms with Crippen molar-refractivity contribution in [3.05, 3.63) is 38.7 Å². The first-order valence-electron chi connectivity index (χ1n) is 6.81. The third-order valence-electron chi connectivity index (χ3n) is 4.02. The van der Waals surface area contributed by atoms with E-state index in [0.717, 1.165) is 11.0 Å². The van der Waals surface area contributed by atoms with Gasteiger partial charge in [-0.2, -0.15) is 0 Å². The molecule has 1 fully saturated rings. The Labute approximate surface area is 129 Å². The molecule has 0 amide bonds. The third-order valence-corrected chi connectivity index (χ3v) is 4.30. The number of hydrogen-bond acceptors (Lipinski definition) is 4. The zero-order chi connectivity index (χ0) is 15.8. The summed E-state index contributed by atoms with van der Waals surface area (Å²) in [5.74, 6) is 0. The molecule has 1 aliphatic heterocycles. The van der Waals surface area contributed by atoms with E-state index in [4.69, 9.17) is 26.6 Å². The van der Waals surface area contributed by atoms with Gasteiger partial charge in [-0.1, -0.05) is 17.7 Å². The van der Waals surface area contributed by atoms with Crippen molar-refractivity contribution in [3.63, 3.8) is 0 Å². The molecule has 0 atom stereocenters. The van der Waals surface area contributed by atoms with Gasteiger partial charge < -0.3 is 20.0 Å². The summed E-state index contributed by atoms with van der Waals surface area (Å²) < 4.78 is 11.9. The van der Waals surface area contributed by atoms with Crippen molar-refractivity contribution in [1.29, 1.82) is 0 Å². The Hall–Kier alpha value is -1.08. The molecular formula is C14H20BClN2O3. The van der Waals surface area contributed by atoms with Crippen molar-refractivity contribution in [2.45, 2.75) is 38.9 Å². The zero-order valence-corrected chi connectivity index (χ0v) is 13.5. The van der Waals surface area contributed by atoms with Crippen LogP contribution in [0.15, 0.2) is 22.5 Å². The van der Waals surface area contributed by atoms with Gasteiger partial charge in [-0.3, -0.25) is 4.79 Å². The first kappa shape index (κ1) is 16.3. The van der Waals surface area contributed by atoms with E-state index in [1.54, 1.807) is 12.3 Å². The quantitative estimate of drug-likeness (QED) is 0.837. The summed E-state index contributed by atoms with van der Waals surface area (Å²) in [4.78, 5) is 13.8. The Morgan fingerprint density at radius 3 is 2.43 bits per heavy atom. The maximum atomic E-state index is 11.3. The fourth-order valence-electron chi connectivity index (χ4n) is 1.99. The average molecular weight is 311 g/mol. The Kier molecular flexibility index (Phi) is 4.35. The standard InChI is InChI=1S/C14H20BClN2O3/c1-13(2)14(3,4)21-15(20-13)10(7-17)5-9-6-11(16)12(19)18-8-9/h5-6,8H,7,17H2,1-4H3,(H,18,19). The van der Waals surface area contributed by atoms with E-state index in [9.17, 15) is 4.79 Å². The number of aromatic amines is 1. The Bertz CT molecular complexity index is 609. The first-order chi connectivity index (χ1) is 9.66. The number of hydrogen-bond donors (Lipinski definition) is 2. The van der Waals surface area contributed by atoms with E-state index in [1.807, 2.05) is 33.8 Å². The summed E-state index contributed by atoms with van der Waals surface area (Å²) in [7, 11) is -0.509. The van der Waals surface area contributed by atoms with Crippen LogP contribution in [0.3, 0.4) is 0 Å². The molecule has 1 aromatic rings. The van der Waals surface area contributed by atoms with Gasteiger partial charge in [-0.15, -0.1) is 0 Å². The second-order valence-corrected chi connectivity index (χ2v) is 6.53. The maximum Gasteiger partial charge on any atom is 0.491 e. The van der Waals surface area contributed by atoms with Gasteiger partial charge in [0.15, 0.2) is 0 Å². The monoisotopic (exact) mass is 310 g/mol. The third kappa shape index (κ3) is 3.24. The van der Waals surface area contributed by atoms with E-state index < -0.39 is 18.3 Å². The highest BCUT2D eigenvalue weighted by atomic mass is 35.5. The summed E-state index contributed by atoms with van der Waals surface area (Å²) in [5, 5.41) is 0.133. The normalized spacial score (nSPS) is 20.9. The molecule has 2 heterocycles. The van der Waals surface area contributed by atoms with Crippen LogP contribution < -0.4 is 11.3 Å². The largest absolute Gasteiger partial charge is 0.491 e. The molecule has 0 aromatic carbocycles. The minimum Gasteiger partial charge on any atom is -0.400 e. The minimum atomic E-state index is -0.509. The first-order valence-corrected chi connectivity index (χ1v) is 7.18. The lowest BCUT2D eigenvalue weighted by atomic mass is 9.77. The van der Waals surface area contributed by atoms with E-state index in [0.29, 0.717) is 0 Å². The van der Waals surface area contributed by atoms with Crippen LogP contribution in [0.5, 0.6) is 0 Å². The molecule has 1 aromatic heterocycles. The Morgan fingerprint density at radius 1 is 1.38 bits per heavy atom. The summed E-state index contributed by atoms with van der Waals surface area (Å²) >= 11 is 5.82. The van der Waals surface area contributed by atoms with Crippen LogP contribution in [-0.2, 0) is 9.31 Å². The Morgan fingerprint density at radius 2 is 1.95 bits per heavy atom. The molecule has 0 bridgehead atoms. The maximum absolute atomic E-state index is 11.3. The van der Waals surface area contributed by atoms with Crippen molar-refractivity contribution in [1.82, 2.24) is 4.98 Å². The second-order valence-electron chi connectivity index (χ2n) is 6.12. The highest BCUT2D eigenvalue weighted by Crippen LogP contribution is 2.38. The number of rotatable bonds is 3. The predicted octanol–water partition coefficient (Wildman–Crippen LogP) is 2.00. The number of H-pyrrole nitrogens is 1. The van der Waals surface area contributed by atoms with Crippen LogP contribution in [0.25, 0.3) is 6.08 Å². The molecule has 2 rings (SSSR count). The van der Waals surface area contributed by atoms with Crippen LogP contribution in [0.2, 0.25) is 5.02 Å².